The smallest absolute Gasteiger partial charge is 0.154 e. The molecule has 4 nitrogen and oxygen atoms in total. The predicted octanol–water partition coefficient (Wildman–Crippen LogP) is -0.683. The van der Waals surface area contributed by atoms with Crippen LogP contribution in [0.4, 0.5) is 0 Å². The maximum Gasteiger partial charge on any atom is 0.154 e. The van der Waals surface area contributed by atoms with E-state index < -0.39 is 5.66 Å². The first-order chi connectivity index (χ1) is 5.73. The van der Waals surface area contributed by atoms with E-state index in [1.165, 1.54) is 0 Å². The molecule has 1 radical (unpaired) electrons. The summed E-state index contributed by atoms with van der Waals surface area (Å²) in [5, 5.41) is 3.14. The van der Waals surface area contributed by atoms with Crippen molar-refractivity contribution in [2.45, 2.75) is 18.5 Å². The van der Waals surface area contributed by atoms with Gasteiger partial charge in [0.05, 0.1) is 6.67 Å². The van der Waals surface area contributed by atoms with E-state index in [0.29, 0.717) is 19.5 Å². The largest absolute Gasteiger partial charge is 0.307 e. The molecule has 1 rings (SSSR count). The van der Waals surface area contributed by atoms with Gasteiger partial charge in [0.25, 0.3) is 0 Å². The number of hydrogen-bond donors (Lipinski definition) is 2. The molecule has 69 valence electrons. The maximum atomic E-state index is 10.8. The SMILES string of the molecule is [CH2]CCC(N)(C=O)N1CCNC1. The van der Waals surface area contributed by atoms with Gasteiger partial charge in [-0.2, -0.15) is 0 Å². The summed E-state index contributed by atoms with van der Waals surface area (Å²) in [5.41, 5.74) is 5.09. The molecule has 0 aromatic heterocycles. The number of nitrogens with zero attached hydrogens (tertiary/aromatic N) is 1. The number of carbonyl (C=O) groups is 1. The monoisotopic (exact) mass is 170 g/mol. The molecular weight excluding hydrogens is 154 g/mol. The van der Waals surface area contributed by atoms with Gasteiger partial charge in [-0.15, -0.1) is 0 Å². The van der Waals surface area contributed by atoms with Gasteiger partial charge in [-0.3, -0.25) is 9.69 Å². The van der Waals surface area contributed by atoms with Crippen molar-refractivity contribution in [3.63, 3.8) is 0 Å². The molecule has 0 amide bonds. The van der Waals surface area contributed by atoms with Crippen LogP contribution in [0.2, 0.25) is 0 Å². The fourth-order valence-electron chi connectivity index (χ4n) is 1.44. The van der Waals surface area contributed by atoms with E-state index in [1.807, 2.05) is 4.90 Å². The van der Waals surface area contributed by atoms with E-state index in [-0.39, 0.29) is 0 Å². The van der Waals surface area contributed by atoms with Crippen LogP contribution in [0, 0.1) is 6.92 Å². The van der Waals surface area contributed by atoms with Crippen LogP contribution in [0.3, 0.4) is 0 Å². The summed E-state index contributed by atoms with van der Waals surface area (Å²) in [5.74, 6) is 0. The van der Waals surface area contributed by atoms with E-state index in [4.69, 9.17) is 5.73 Å². The molecule has 1 heterocycles. The third kappa shape index (κ3) is 1.83. The molecule has 4 heteroatoms. The Labute approximate surface area is 73.1 Å². The van der Waals surface area contributed by atoms with Gasteiger partial charge in [0.15, 0.2) is 6.29 Å². The number of nitrogens with one attached hydrogen (secondary N) is 1. The molecule has 12 heavy (non-hydrogen) atoms. The zero-order chi connectivity index (χ0) is 9.03. The lowest BCUT2D eigenvalue weighted by molar-refractivity contribution is -0.118. The van der Waals surface area contributed by atoms with E-state index in [0.717, 1.165) is 19.4 Å². The predicted molar refractivity (Wildman–Crippen MR) is 47.1 cm³/mol. The van der Waals surface area contributed by atoms with E-state index >= 15 is 0 Å². The van der Waals surface area contributed by atoms with E-state index in [9.17, 15) is 4.79 Å². The van der Waals surface area contributed by atoms with Crippen LogP contribution in [-0.4, -0.2) is 36.6 Å². The highest BCUT2D eigenvalue weighted by atomic mass is 16.1. The van der Waals surface area contributed by atoms with Crippen LogP contribution >= 0.6 is 0 Å². The number of aldehydes is 1. The van der Waals surface area contributed by atoms with Crippen LogP contribution in [0.25, 0.3) is 0 Å². The van der Waals surface area contributed by atoms with Crippen LogP contribution in [0.15, 0.2) is 0 Å². The normalized spacial score (nSPS) is 23.8. The molecule has 0 spiro atoms. The molecule has 1 aliphatic rings. The van der Waals surface area contributed by atoms with Crippen LogP contribution in [0.1, 0.15) is 12.8 Å². The highest BCUT2D eigenvalue weighted by molar-refractivity contribution is 5.63. The fraction of sp³-hybridized carbons (Fsp3) is 0.750. The summed E-state index contributed by atoms with van der Waals surface area (Å²) in [6.45, 7) is 6.16. The Hall–Kier alpha value is -0.450. The quantitative estimate of drug-likeness (QED) is 0.549. The lowest BCUT2D eigenvalue weighted by Crippen LogP contribution is -2.56. The molecule has 1 saturated heterocycles. The van der Waals surface area contributed by atoms with Gasteiger partial charge in [0.1, 0.15) is 5.66 Å². The van der Waals surface area contributed by atoms with Crippen molar-refractivity contribution in [3.05, 3.63) is 6.92 Å². The zero-order valence-corrected chi connectivity index (χ0v) is 7.25. The average Bonchev–Trinajstić information content (AvgIpc) is 2.57. The highest BCUT2D eigenvalue weighted by Gasteiger charge is 2.32. The van der Waals surface area contributed by atoms with E-state index in [2.05, 4.69) is 12.2 Å². The van der Waals surface area contributed by atoms with Crippen molar-refractivity contribution in [2.24, 2.45) is 5.73 Å². The molecule has 0 bridgehead atoms. The molecule has 0 aromatic rings. The maximum absolute atomic E-state index is 10.8. The van der Waals surface area contributed by atoms with Crippen LogP contribution in [0.5, 0.6) is 0 Å². The number of rotatable bonds is 4. The average molecular weight is 170 g/mol. The summed E-state index contributed by atoms with van der Waals surface area (Å²) >= 11 is 0. The lowest BCUT2D eigenvalue weighted by atomic mass is 10.1. The molecule has 0 aromatic carbocycles. The summed E-state index contributed by atoms with van der Waals surface area (Å²) in [6.07, 6.45) is 2.13. The highest BCUT2D eigenvalue weighted by Crippen LogP contribution is 2.13. The van der Waals surface area contributed by atoms with Gasteiger partial charge in [0, 0.05) is 13.1 Å². The molecule has 0 aliphatic carbocycles. The van der Waals surface area contributed by atoms with Gasteiger partial charge in [-0.05, 0) is 12.8 Å². The third-order valence-electron chi connectivity index (χ3n) is 2.23. The standard InChI is InChI=1S/C8H16N3O/c1-2-3-8(9,6-12)11-5-4-10-7-11/h6,10H,1-5,7,9H2. The van der Waals surface area contributed by atoms with Gasteiger partial charge in [-0.25, -0.2) is 0 Å². The fourth-order valence-corrected chi connectivity index (χ4v) is 1.44. The molecule has 0 saturated carbocycles. The molecule has 1 unspecified atom stereocenters. The Balaban J connectivity index is 2.57. The Morgan fingerprint density at radius 1 is 1.75 bits per heavy atom. The first kappa shape index (κ1) is 9.64. The Morgan fingerprint density at radius 3 is 2.92 bits per heavy atom. The lowest BCUT2D eigenvalue weighted by Gasteiger charge is -2.32. The summed E-state index contributed by atoms with van der Waals surface area (Å²) < 4.78 is 0. The Kier molecular flexibility index (Phi) is 3.20. The van der Waals surface area contributed by atoms with Crippen molar-refractivity contribution in [1.29, 1.82) is 0 Å². The minimum absolute atomic E-state index is 0.623. The molecule has 1 atom stereocenters. The Bertz CT molecular complexity index is 156. The molecule has 3 N–H and O–H groups in total. The van der Waals surface area contributed by atoms with Crippen LogP contribution in [-0.2, 0) is 4.79 Å². The second kappa shape index (κ2) is 3.98. The minimum Gasteiger partial charge on any atom is -0.307 e. The molecule has 1 aliphatic heterocycles. The third-order valence-corrected chi connectivity index (χ3v) is 2.23. The summed E-state index contributed by atoms with van der Waals surface area (Å²) in [4.78, 5) is 12.7. The van der Waals surface area contributed by atoms with Crippen molar-refractivity contribution in [2.75, 3.05) is 19.8 Å². The summed E-state index contributed by atoms with van der Waals surface area (Å²) in [6, 6.07) is 0. The Morgan fingerprint density at radius 2 is 2.50 bits per heavy atom. The number of carbonyl (C=O) groups excluding carboxylic acids is 1. The van der Waals surface area contributed by atoms with Gasteiger partial charge in [-0.1, -0.05) is 6.92 Å². The van der Waals surface area contributed by atoms with Crippen molar-refractivity contribution < 1.29 is 4.79 Å². The second-order valence-electron chi connectivity index (χ2n) is 3.13. The first-order valence-electron chi connectivity index (χ1n) is 4.23. The van der Waals surface area contributed by atoms with Gasteiger partial charge < -0.3 is 11.1 Å². The second-order valence-corrected chi connectivity index (χ2v) is 3.13. The number of nitrogens with two attached hydrogens (primary N) is 1. The van der Waals surface area contributed by atoms with E-state index in [1.54, 1.807) is 0 Å². The van der Waals surface area contributed by atoms with Crippen LogP contribution < -0.4 is 11.1 Å². The van der Waals surface area contributed by atoms with Crippen molar-refractivity contribution in [3.8, 4) is 0 Å². The van der Waals surface area contributed by atoms with Gasteiger partial charge >= 0.3 is 0 Å². The van der Waals surface area contributed by atoms with Gasteiger partial charge in [0.2, 0.25) is 0 Å². The van der Waals surface area contributed by atoms with Crippen molar-refractivity contribution >= 4 is 6.29 Å². The topological polar surface area (TPSA) is 58.4 Å². The van der Waals surface area contributed by atoms with Crippen molar-refractivity contribution in [1.82, 2.24) is 10.2 Å². The minimum atomic E-state index is -0.800. The number of hydrogen-bond acceptors (Lipinski definition) is 4. The first-order valence-corrected chi connectivity index (χ1v) is 4.23. The molecular formula is C8H16N3O. The summed E-state index contributed by atoms with van der Waals surface area (Å²) in [7, 11) is 0. The molecule has 1 fully saturated rings. The zero-order valence-electron chi connectivity index (χ0n) is 7.25.